The number of hydrogen-bond donors (Lipinski definition) is 1. The number of amides is 1. The van der Waals surface area contributed by atoms with E-state index >= 15 is 0 Å². The molecular weight excluding hydrogens is 554 g/mol. The summed E-state index contributed by atoms with van der Waals surface area (Å²) in [5.74, 6) is 0.148. The first kappa shape index (κ1) is 25.2. The van der Waals surface area contributed by atoms with Crippen LogP contribution in [0.1, 0.15) is 47.3 Å². The molecule has 4 aromatic rings. The number of imidazole rings is 1. The molecule has 7 nitrogen and oxygen atoms in total. The highest BCUT2D eigenvalue weighted by molar-refractivity contribution is 9.10. The van der Waals surface area contributed by atoms with Crippen LogP contribution in [0.3, 0.4) is 0 Å². The molecule has 0 radical (unpaired) electrons. The second-order valence-corrected chi connectivity index (χ2v) is 10.8. The number of halogens is 2. The van der Waals surface area contributed by atoms with Gasteiger partial charge < -0.3 is 5.32 Å². The zero-order valence-corrected chi connectivity index (χ0v) is 22.6. The maximum Gasteiger partial charge on any atom is 0.333 e. The topological polar surface area (TPSA) is 92.7 Å². The lowest BCUT2D eigenvalue weighted by Crippen LogP contribution is -2.39. The summed E-state index contributed by atoms with van der Waals surface area (Å²) in [7, 11) is 0. The molecule has 0 unspecified atom stereocenters. The van der Waals surface area contributed by atoms with Gasteiger partial charge >= 0.3 is 5.69 Å². The minimum atomic E-state index is -0.157. The van der Waals surface area contributed by atoms with Gasteiger partial charge in [0, 0.05) is 23.3 Å². The summed E-state index contributed by atoms with van der Waals surface area (Å²) in [6.45, 7) is 2.38. The summed E-state index contributed by atoms with van der Waals surface area (Å²) in [5, 5.41) is 13.2. The van der Waals surface area contributed by atoms with Crippen molar-refractivity contribution in [1.29, 1.82) is 5.26 Å². The molecule has 2 heterocycles. The molecule has 37 heavy (non-hydrogen) atoms. The predicted molar refractivity (Wildman–Crippen MR) is 147 cm³/mol. The van der Waals surface area contributed by atoms with E-state index in [2.05, 4.69) is 32.3 Å². The molecule has 1 aliphatic rings. The number of nitrogens with one attached hydrogen (secondary N) is 1. The highest BCUT2D eigenvalue weighted by Crippen LogP contribution is 2.29. The van der Waals surface area contributed by atoms with Gasteiger partial charge in [0.1, 0.15) is 6.07 Å². The Hall–Kier alpha value is -3.41. The van der Waals surface area contributed by atoms with Crippen LogP contribution >= 0.6 is 27.5 Å². The summed E-state index contributed by atoms with van der Waals surface area (Å²) in [6, 6.07) is 16.9. The highest BCUT2D eigenvalue weighted by atomic mass is 79.9. The SMILES string of the molecule is Cc1ncc(Cl)cc1C(=O)N[C@H]1CC[C@H](Cn2c(=O)n(-c3cc(Br)ccc3C#N)c3ccccc32)CC1. The predicted octanol–water partition coefficient (Wildman–Crippen LogP) is 5.77. The van der Waals surface area contributed by atoms with Crippen LogP contribution < -0.4 is 11.0 Å². The van der Waals surface area contributed by atoms with Gasteiger partial charge in [0.2, 0.25) is 0 Å². The van der Waals surface area contributed by atoms with Crippen molar-refractivity contribution >= 4 is 44.5 Å². The lowest BCUT2D eigenvalue weighted by molar-refractivity contribution is 0.0919. The Morgan fingerprint density at radius 3 is 2.62 bits per heavy atom. The van der Waals surface area contributed by atoms with Crippen molar-refractivity contribution in [3.63, 3.8) is 0 Å². The van der Waals surface area contributed by atoms with E-state index in [1.54, 1.807) is 29.7 Å². The number of para-hydroxylation sites is 2. The molecule has 0 bridgehead atoms. The van der Waals surface area contributed by atoms with E-state index in [9.17, 15) is 14.9 Å². The number of rotatable bonds is 5. The van der Waals surface area contributed by atoms with E-state index in [-0.39, 0.29) is 17.6 Å². The first-order valence-electron chi connectivity index (χ1n) is 12.2. The van der Waals surface area contributed by atoms with Crippen LogP contribution in [0.5, 0.6) is 0 Å². The van der Waals surface area contributed by atoms with Crippen LogP contribution in [0, 0.1) is 24.2 Å². The molecule has 0 aliphatic heterocycles. The largest absolute Gasteiger partial charge is 0.349 e. The summed E-state index contributed by atoms with van der Waals surface area (Å²) in [5.41, 5.74) is 3.61. The van der Waals surface area contributed by atoms with Crippen LogP contribution in [0.15, 0.2) is 64.0 Å². The lowest BCUT2D eigenvalue weighted by Gasteiger charge is -2.29. The van der Waals surface area contributed by atoms with E-state index in [0.717, 1.165) is 41.2 Å². The molecule has 1 N–H and O–H groups in total. The molecule has 2 aromatic carbocycles. The van der Waals surface area contributed by atoms with Crippen molar-refractivity contribution in [2.45, 2.75) is 45.2 Å². The summed E-state index contributed by atoms with van der Waals surface area (Å²) in [4.78, 5) is 30.7. The number of carbonyl (C=O) groups is 1. The zero-order chi connectivity index (χ0) is 26.1. The van der Waals surface area contributed by atoms with E-state index < -0.39 is 0 Å². The van der Waals surface area contributed by atoms with Gasteiger partial charge in [0.05, 0.1) is 38.6 Å². The smallest absolute Gasteiger partial charge is 0.333 e. The molecule has 0 atom stereocenters. The van der Waals surface area contributed by atoms with Crippen LogP contribution in [0.25, 0.3) is 16.7 Å². The standard InChI is InChI=1S/C28H25BrClN5O2/c1-17-23(13-21(30)15-32-17)27(36)33-22-10-6-18(7-11-22)16-34-24-4-2-3-5-25(24)35(28(34)37)26-12-20(29)9-8-19(26)14-31/h2-5,8-9,12-13,15,18,22H,6-7,10-11,16H2,1H3,(H,33,36)/t18-,22-. The number of nitrogens with zero attached hydrogens (tertiary/aromatic N) is 4. The van der Waals surface area contributed by atoms with Crippen molar-refractivity contribution in [1.82, 2.24) is 19.4 Å². The second kappa shape index (κ2) is 10.5. The maximum atomic E-state index is 13.7. The Morgan fingerprint density at radius 1 is 1.16 bits per heavy atom. The van der Waals surface area contributed by atoms with Gasteiger partial charge in [-0.15, -0.1) is 0 Å². The number of aromatic nitrogens is 3. The minimum absolute atomic E-state index is 0.0695. The van der Waals surface area contributed by atoms with Gasteiger partial charge in [-0.3, -0.25) is 18.9 Å². The molecule has 1 aliphatic carbocycles. The summed E-state index contributed by atoms with van der Waals surface area (Å²) >= 11 is 9.50. The van der Waals surface area contributed by atoms with Crippen LogP contribution in [-0.2, 0) is 6.54 Å². The molecule has 188 valence electrons. The van der Waals surface area contributed by atoms with Crippen LogP contribution in [0.2, 0.25) is 5.02 Å². The zero-order valence-electron chi connectivity index (χ0n) is 20.2. The fraction of sp³-hybridized carbons (Fsp3) is 0.286. The van der Waals surface area contributed by atoms with E-state index in [0.29, 0.717) is 40.0 Å². The molecule has 1 saturated carbocycles. The molecule has 9 heteroatoms. The third-order valence-corrected chi connectivity index (χ3v) is 7.78. The Morgan fingerprint density at radius 2 is 1.89 bits per heavy atom. The average Bonchev–Trinajstić information content (AvgIpc) is 3.17. The highest BCUT2D eigenvalue weighted by Gasteiger charge is 2.26. The van der Waals surface area contributed by atoms with Gasteiger partial charge in [0.25, 0.3) is 5.91 Å². The van der Waals surface area contributed by atoms with Crippen molar-refractivity contribution < 1.29 is 4.79 Å². The molecule has 2 aromatic heterocycles. The van der Waals surface area contributed by atoms with Crippen molar-refractivity contribution in [2.75, 3.05) is 0 Å². The van der Waals surface area contributed by atoms with E-state index in [1.807, 2.05) is 34.9 Å². The Labute approximate surface area is 227 Å². The monoisotopic (exact) mass is 577 g/mol. The minimum Gasteiger partial charge on any atom is -0.349 e. The number of carbonyl (C=O) groups excluding carboxylic acids is 1. The van der Waals surface area contributed by atoms with Crippen molar-refractivity contribution in [3.05, 3.63) is 91.5 Å². The first-order chi connectivity index (χ1) is 17.9. The van der Waals surface area contributed by atoms with Gasteiger partial charge in [0.15, 0.2) is 0 Å². The molecule has 0 spiro atoms. The van der Waals surface area contributed by atoms with Crippen LogP contribution in [-0.4, -0.2) is 26.1 Å². The average molecular weight is 579 g/mol. The normalized spacial score (nSPS) is 17.5. The quantitative estimate of drug-likeness (QED) is 0.325. The van der Waals surface area contributed by atoms with Gasteiger partial charge in [-0.25, -0.2) is 4.79 Å². The van der Waals surface area contributed by atoms with E-state index in [4.69, 9.17) is 11.6 Å². The van der Waals surface area contributed by atoms with Crippen molar-refractivity contribution in [3.8, 4) is 11.8 Å². The first-order valence-corrected chi connectivity index (χ1v) is 13.4. The van der Waals surface area contributed by atoms with E-state index in [1.165, 1.54) is 6.20 Å². The Bertz CT molecular complexity index is 1590. The lowest BCUT2D eigenvalue weighted by atomic mass is 9.85. The summed E-state index contributed by atoms with van der Waals surface area (Å²) < 4.78 is 4.25. The third-order valence-electron chi connectivity index (χ3n) is 7.08. The van der Waals surface area contributed by atoms with Gasteiger partial charge in [-0.1, -0.05) is 39.7 Å². The molecule has 1 amide bonds. The van der Waals surface area contributed by atoms with Gasteiger partial charge in [-0.05, 0) is 74.9 Å². The molecule has 5 rings (SSSR count). The van der Waals surface area contributed by atoms with Crippen molar-refractivity contribution in [2.24, 2.45) is 5.92 Å². The Balaban J connectivity index is 1.35. The Kier molecular flexibility index (Phi) is 7.18. The van der Waals surface area contributed by atoms with Gasteiger partial charge in [-0.2, -0.15) is 5.26 Å². The number of benzene rings is 2. The molecule has 0 saturated heterocycles. The molecule has 1 fully saturated rings. The number of pyridine rings is 1. The molecular formula is C28H25BrClN5O2. The third kappa shape index (κ3) is 5.07. The number of nitriles is 1. The maximum absolute atomic E-state index is 13.7. The number of aryl methyl sites for hydroxylation is 1. The number of fused-ring (bicyclic) bond motifs is 1. The second-order valence-electron chi connectivity index (χ2n) is 9.47. The number of hydrogen-bond acceptors (Lipinski definition) is 4. The fourth-order valence-corrected chi connectivity index (χ4v) is 5.66. The fourth-order valence-electron chi connectivity index (χ4n) is 5.15. The van der Waals surface area contributed by atoms with Crippen LogP contribution in [0.4, 0.5) is 0 Å². The summed E-state index contributed by atoms with van der Waals surface area (Å²) in [6.07, 6.45) is 4.99.